The summed E-state index contributed by atoms with van der Waals surface area (Å²) in [7, 11) is 1.16. The molecule has 0 amide bonds. The third-order valence-electron chi connectivity index (χ3n) is 3.01. The van der Waals surface area contributed by atoms with E-state index in [2.05, 4.69) is 4.74 Å². The summed E-state index contributed by atoms with van der Waals surface area (Å²) in [6, 6.07) is 16.7. The Balaban J connectivity index is 2.17. The van der Waals surface area contributed by atoms with Gasteiger partial charge in [-0.15, -0.1) is 0 Å². The number of carbonyl (C=O) groups excluding carboxylic acids is 1. The minimum Gasteiger partial charge on any atom is -0.503 e. The molecular weight excluding hydrogens is 284 g/mol. The minimum absolute atomic E-state index is 0.183. The van der Waals surface area contributed by atoms with Crippen molar-refractivity contribution >= 4 is 22.6 Å². The molecule has 108 valence electrons. The smallest absolute Gasteiger partial charge is 0.337 e. The fraction of sp³-hybridized carbons (Fsp3) is 0.118. The number of aliphatic hydroxyl groups is 1. The van der Waals surface area contributed by atoms with Crippen molar-refractivity contribution in [1.82, 2.24) is 0 Å². The second-order valence-corrected chi connectivity index (χ2v) is 6.27. The Morgan fingerprint density at radius 2 is 1.62 bits per heavy atom. The average Bonchev–Trinajstić information content (AvgIpc) is 2.55. The summed E-state index contributed by atoms with van der Waals surface area (Å²) in [4.78, 5) is 12.5. The van der Waals surface area contributed by atoms with Crippen LogP contribution in [0.3, 0.4) is 0 Å². The molecule has 0 aromatic heterocycles. The van der Waals surface area contributed by atoms with Gasteiger partial charge in [-0.2, -0.15) is 0 Å². The van der Waals surface area contributed by atoms with E-state index in [1.165, 1.54) is 7.11 Å². The lowest BCUT2D eigenvalue weighted by atomic mass is 10.1. The van der Waals surface area contributed by atoms with Gasteiger partial charge in [0.05, 0.1) is 23.6 Å². The molecule has 1 unspecified atom stereocenters. The van der Waals surface area contributed by atoms with Gasteiger partial charge in [0.2, 0.25) is 0 Å². The maximum Gasteiger partial charge on any atom is 0.337 e. The Bertz CT molecular complexity index is 633. The second-order valence-electron chi connectivity index (χ2n) is 4.44. The number of hydrogen-bond acceptors (Lipinski definition) is 3. The zero-order valence-corrected chi connectivity index (χ0v) is 12.8. The molecule has 0 saturated carbocycles. The molecule has 2 aromatic rings. The minimum atomic E-state index is -0.385. The van der Waals surface area contributed by atoms with E-state index in [0.717, 1.165) is 4.90 Å². The van der Waals surface area contributed by atoms with E-state index >= 15 is 0 Å². The summed E-state index contributed by atoms with van der Waals surface area (Å²) >= 11 is 0. The van der Waals surface area contributed by atoms with Crippen molar-refractivity contribution in [3.05, 3.63) is 71.1 Å². The first-order valence-electron chi connectivity index (χ1n) is 6.41. The SMILES string of the molecule is COC(=O)c1ccc(/C(O)=C/[S+](C)c2ccccc2)cc1. The Labute approximate surface area is 127 Å². The van der Waals surface area contributed by atoms with E-state index in [1.807, 2.05) is 42.0 Å². The fourth-order valence-corrected chi connectivity index (χ4v) is 3.03. The van der Waals surface area contributed by atoms with Crippen molar-refractivity contribution in [2.45, 2.75) is 4.90 Å². The number of benzene rings is 2. The molecular formula is C17H17O3S+. The largest absolute Gasteiger partial charge is 0.503 e. The highest BCUT2D eigenvalue weighted by Gasteiger charge is 2.15. The number of aliphatic hydroxyl groups excluding tert-OH is 1. The van der Waals surface area contributed by atoms with Crippen LogP contribution in [0.1, 0.15) is 15.9 Å². The lowest BCUT2D eigenvalue weighted by Gasteiger charge is -2.02. The molecule has 4 heteroatoms. The molecule has 2 rings (SSSR count). The van der Waals surface area contributed by atoms with Crippen LogP contribution in [0, 0.1) is 0 Å². The van der Waals surface area contributed by atoms with Crippen LogP contribution in [-0.2, 0) is 15.6 Å². The first-order valence-corrected chi connectivity index (χ1v) is 8.11. The van der Waals surface area contributed by atoms with Gasteiger partial charge >= 0.3 is 5.97 Å². The zero-order chi connectivity index (χ0) is 15.2. The second kappa shape index (κ2) is 6.99. The highest BCUT2D eigenvalue weighted by atomic mass is 32.2. The lowest BCUT2D eigenvalue weighted by Crippen LogP contribution is -2.01. The van der Waals surface area contributed by atoms with Crippen LogP contribution in [0.4, 0.5) is 0 Å². The number of carbonyl (C=O) groups is 1. The number of hydrogen-bond donors (Lipinski definition) is 1. The van der Waals surface area contributed by atoms with Crippen molar-refractivity contribution in [2.75, 3.05) is 13.4 Å². The van der Waals surface area contributed by atoms with Crippen molar-refractivity contribution in [3.8, 4) is 0 Å². The van der Waals surface area contributed by atoms with E-state index in [0.29, 0.717) is 11.1 Å². The maximum atomic E-state index is 11.4. The normalized spacial score (nSPS) is 12.8. The highest BCUT2D eigenvalue weighted by molar-refractivity contribution is 7.99. The summed E-state index contributed by atoms with van der Waals surface area (Å²) in [5.74, 6) is -0.175. The Hall–Kier alpha value is -2.20. The van der Waals surface area contributed by atoms with Gasteiger partial charge in [-0.3, -0.25) is 0 Å². The Morgan fingerprint density at radius 1 is 1.05 bits per heavy atom. The zero-order valence-electron chi connectivity index (χ0n) is 11.9. The van der Waals surface area contributed by atoms with Crippen molar-refractivity contribution in [2.24, 2.45) is 0 Å². The van der Waals surface area contributed by atoms with E-state index in [9.17, 15) is 9.90 Å². The van der Waals surface area contributed by atoms with Crippen molar-refractivity contribution < 1.29 is 14.6 Å². The summed E-state index contributed by atoms with van der Waals surface area (Å²) in [6.07, 6.45) is 2.05. The summed E-state index contributed by atoms with van der Waals surface area (Å²) in [6.45, 7) is 0. The third kappa shape index (κ3) is 3.89. The van der Waals surface area contributed by atoms with Crippen LogP contribution < -0.4 is 0 Å². The van der Waals surface area contributed by atoms with Gasteiger partial charge in [-0.25, -0.2) is 4.79 Å². The van der Waals surface area contributed by atoms with Crippen LogP contribution in [0.2, 0.25) is 0 Å². The number of esters is 1. The Kier molecular flexibility index (Phi) is 5.06. The molecule has 1 atom stereocenters. The molecule has 0 aliphatic carbocycles. The van der Waals surface area contributed by atoms with Gasteiger partial charge in [-0.1, -0.05) is 30.3 Å². The van der Waals surface area contributed by atoms with Gasteiger partial charge in [0.1, 0.15) is 6.26 Å². The molecule has 0 spiro atoms. The van der Waals surface area contributed by atoms with Crippen LogP contribution in [0.25, 0.3) is 5.76 Å². The molecule has 0 heterocycles. The van der Waals surface area contributed by atoms with Crippen LogP contribution in [-0.4, -0.2) is 24.4 Å². The number of ether oxygens (including phenoxy) is 1. The van der Waals surface area contributed by atoms with Gasteiger partial charge in [0, 0.05) is 5.56 Å². The van der Waals surface area contributed by atoms with E-state index in [1.54, 1.807) is 24.3 Å². The van der Waals surface area contributed by atoms with Crippen LogP contribution in [0.5, 0.6) is 0 Å². The van der Waals surface area contributed by atoms with Crippen molar-refractivity contribution in [1.29, 1.82) is 0 Å². The number of methoxy groups -OCH3 is 1. The fourth-order valence-electron chi connectivity index (χ4n) is 1.83. The third-order valence-corrected chi connectivity index (χ3v) is 4.60. The summed E-state index contributed by atoms with van der Waals surface area (Å²) in [5.41, 5.74) is 1.14. The van der Waals surface area contributed by atoms with Crippen LogP contribution >= 0.6 is 0 Å². The topological polar surface area (TPSA) is 46.5 Å². The van der Waals surface area contributed by atoms with E-state index in [4.69, 9.17) is 0 Å². The monoisotopic (exact) mass is 301 g/mol. The summed E-state index contributed by atoms with van der Waals surface area (Å²) < 4.78 is 4.64. The Morgan fingerprint density at radius 3 is 2.19 bits per heavy atom. The lowest BCUT2D eigenvalue weighted by molar-refractivity contribution is 0.0600. The molecule has 0 bridgehead atoms. The van der Waals surface area contributed by atoms with Gasteiger partial charge < -0.3 is 9.84 Å². The molecule has 2 aromatic carbocycles. The average molecular weight is 301 g/mol. The molecule has 1 N–H and O–H groups in total. The predicted octanol–water partition coefficient (Wildman–Crippen LogP) is 3.64. The predicted molar refractivity (Wildman–Crippen MR) is 86.4 cm³/mol. The number of rotatable bonds is 4. The first-order chi connectivity index (χ1) is 10.1. The summed E-state index contributed by atoms with van der Waals surface area (Å²) in [5, 5.41) is 12.0. The molecule has 0 fully saturated rings. The van der Waals surface area contributed by atoms with Gasteiger partial charge in [-0.05, 0) is 24.3 Å². The molecule has 0 aliphatic heterocycles. The first kappa shape index (κ1) is 15.2. The standard InChI is InChI=1S/C17H16O3S/c1-20-17(19)14-10-8-13(9-11-14)16(18)12-21(2)15-6-4-3-5-7-15/h3-12H,1-2H3/p+1/b16-12-. The highest BCUT2D eigenvalue weighted by Crippen LogP contribution is 2.19. The quantitative estimate of drug-likeness (QED) is 0.533. The van der Waals surface area contributed by atoms with Gasteiger partial charge in [0.15, 0.2) is 16.1 Å². The van der Waals surface area contributed by atoms with Crippen LogP contribution in [0.15, 0.2) is 64.9 Å². The van der Waals surface area contributed by atoms with Gasteiger partial charge in [0.25, 0.3) is 0 Å². The van der Waals surface area contributed by atoms with Crippen molar-refractivity contribution in [3.63, 3.8) is 0 Å². The van der Waals surface area contributed by atoms with E-state index in [-0.39, 0.29) is 22.6 Å². The molecule has 21 heavy (non-hydrogen) atoms. The maximum absolute atomic E-state index is 11.4. The van der Waals surface area contributed by atoms with E-state index < -0.39 is 0 Å². The molecule has 3 nitrogen and oxygen atoms in total. The molecule has 0 radical (unpaired) electrons. The molecule has 0 saturated heterocycles. The molecule has 0 aliphatic rings.